The third-order valence-electron chi connectivity index (χ3n) is 3.63. The zero-order chi connectivity index (χ0) is 11.7. The molecule has 1 saturated heterocycles. The fourth-order valence-corrected chi connectivity index (χ4v) is 3.26. The normalized spacial score (nSPS) is 25.0. The average Bonchev–Trinajstić information content (AvgIpc) is 2.93. The predicted molar refractivity (Wildman–Crippen MR) is 68.9 cm³/mol. The van der Waals surface area contributed by atoms with Crippen molar-refractivity contribution in [2.24, 2.45) is 0 Å². The van der Waals surface area contributed by atoms with Crippen LogP contribution in [0, 0.1) is 11.3 Å². The second kappa shape index (κ2) is 4.77. The number of rotatable bonds is 4. The molecule has 3 nitrogen and oxygen atoms in total. The highest BCUT2D eigenvalue weighted by Crippen LogP contribution is 2.29. The second-order valence-corrected chi connectivity index (χ2v) is 6.00. The number of nitriles is 1. The van der Waals surface area contributed by atoms with Crippen molar-refractivity contribution in [3.8, 4) is 6.07 Å². The van der Waals surface area contributed by atoms with Crippen molar-refractivity contribution in [3.05, 3.63) is 21.9 Å². The number of nitrogens with zero attached hydrogens (tertiary/aromatic N) is 2. The van der Waals surface area contributed by atoms with Crippen LogP contribution in [-0.4, -0.2) is 30.1 Å². The van der Waals surface area contributed by atoms with E-state index in [4.69, 9.17) is 5.26 Å². The molecule has 4 heteroatoms. The minimum absolute atomic E-state index is 0.642. The maximum Gasteiger partial charge on any atom is 0.100 e. The van der Waals surface area contributed by atoms with Crippen molar-refractivity contribution in [1.82, 2.24) is 10.2 Å². The first kappa shape index (κ1) is 11.2. The molecule has 1 N–H and O–H groups in total. The van der Waals surface area contributed by atoms with Crippen molar-refractivity contribution in [3.63, 3.8) is 0 Å². The molecular formula is C13H17N3S. The summed E-state index contributed by atoms with van der Waals surface area (Å²) in [6.45, 7) is 3.38. The van der Waals surface area contributed by atoms with Gasteiger partial charge >= 0.3 is 0 Å². The minimum atomic E-state index is 0.642. The first-order chi connectivity index (χ1) is 8.35. The lowest BCUT2D eigenvalue weighted by atomic mass is 10.2. The fraction of sp³-hybridized carbons (Fsp3) is 0.615. The van der Waals surface area contributed by atoms with E-state index in [1.165, 1.54) is 37.2 Å². The highest BCUT2D eigenvalue weighted by atomic mass is 32.1. The second-order valence-electron chi connectivity index (χ2n) is 5.01. The Morgan fingerprint density at radius 1 is 1.47 bits per heavy atom. The molecule has 2 heterocycles. The van der Waals surface area contributed by atoms with Gasteiger partial charge in [0.25, 0.3) is 0 Å². The van der Waals surface area contributed by atoms with Crippen molar-refractivity contribution in [2.45, 2.75) is 37.9 Å². The third-order valence-corrected chi connectivity index (χ3v) is 4.57. The van der Waals surface area contributed by atoms with Gasteiger partial charge in [-0.25, -0.2) is 0 Å². The highest BCUT2D eigenvalue weighted by molar-refractivity contribution is 7.10. The molecule has 1 saturated carbocycles. The molecule has 0 radical (unpaired) electrons. The third kappa shape index (κ3) is 2.68. The summed E-state index contributed by atoms with van der Waals surface area (Å²) in [6, 6.07) is 5.71. The van der Waals surface area contributed by atoms with Gasteiger partial charge in [-0.2, -0.15) is 5.26 Å². The number of nitrogens with one attached hydrogen (secondary N) is 1. The maximum atomic E-state index is 8.76. The smallest absolute Gasteiger partial charge is 0.100 e. The van der Waals surface area contributed by atoms with Gasteiger partial charge in [0.2, 0.25) is 0 Å². The summed E-state index contributed by atoms with van der Waals surface area (Å²) < 4.78 is 0. The maximum absolute atomic E-state index is 8.76. The fourth-order valence-electron chi connectivity index (χ4n) is 2.50. The van der Waals surface area contributed by atoms with Crippen LogP contribution in [0.3, 0.4) is 0 Å². The quantitative estimate of drug-likeness (QED) is 0.884. The van der Waals surface area contributed by atoms with E-state index in [2.05, 4.69) is 16.3 Å². The van der Waals surface area contributed by atoms with Crippen molar-refractivity contribution >= 4 is 11.3 Å². The molecule has 1 aromatic heterocycles. The molecule has 1 aliphatic carbocycles. The number of hydrogen-bond acceptors (Lipinski definition) is 4. The Morgan fingerprint density at radius 2 is 2.35 bits per heavy atom. The Morgan fingerprint density at radius 3 is 3.06 bits per heavy atom. The molecule has 2 aliphatic rings. The summed E-state index contributed by atoms with van der Waals surface area (Å²) >= 11 is 1.68. The van der Waals surface area contributed by atoms with Crippen LogP contribution in [0.2, 0.25) is 0 Å². The Hall–Kier alpha value is -0.890. The van der Waals surface area contributed by atoms with Crippen molar-refractivity contribution in [1.29, 1.82) is 5.26 Å². The number of likely N-dealkylation sites (tertiary alicyclic amines) is 1. The van der Waals surface area contributed by atoms with E-state index in [1.807, 2.05) is 11.4 Å². The minimum Gasteiger partial charge on any atom is -0.308 e. The topological polar surface area (TPSA) is 39.1 Å². The zero-order valence-corrected chi connectivity index (χ0v) is 10.7. The molecule has 0 amide bonds. The van der Waals surface area contributed by atoms with Crippen LogP contribution in [0.25, 0.3) is 0 Å². The summed E-state index contributed by atoms with van der Waals surface area (Å²) in [5, 5.41) is 14.3. The first-order valence-corrected chi connectivity index (χ1v) is 7.18. The van der Waals surface area contributed by atoms with Gasteiger partial charge in [0.05, 0.1) is 5.56 Å². The van der Waals surface area contributed by atoms with Crippen LogP contribution in [0.1, 0.15) is 29.7 Å². The SMILES string of the molecule is N#Cc1csc(CNC2CCN(C3CC3)C2)c1. The first-order valence-electron chi connectivity index (χ1n) is 6.30. The van der Waals surface area contributed by atoms with E-state index >= 15 is 0 Å². The number of hydrogen-bond donors (Lipinski definition) is 1. The van der Waals surface area contributed by atoms with E-state index in [1.54, 1.807) is 11.3 Å². The Kier molecular flexibility index (Phi) is 3.15. The highest BCUT2D eigenvalue weighted by Gasteiger charge is 2.33. The van der Waals surface area contributed by atoms with Gasteiger partial charge in [0.15, 0.2) is 0 Å². The van der Waals surface area contributed by atoms with Crippen LogP contribution < -0.4 is 5.32 Å². The lowest BCUT2D eigenvalue weighted by Crippen LogP contribution is -2.32. The molecule has 90 valence electrons. The van der Waals surface area contributed by atoms with Gasteiger partial charge in [-0.15, -0.1) is 11.3 Å². The van der Waals surface area contributed by atoms with Gasteiger partial charge in [-0.1, -0.05) is 0 Å². The molecule has 2 fully saturated rings. The van der Waals surface area contributed by atoms with Gasteiger partial charge < -0.3 is 5.32 Å². The van der Waals surface area contributed by atoms with Crippen LogP contribution in [0.5, 0.6) is 0 Å². The Labute approximate surface area is 106 Å². The molecule has 1 aliphatic heterocycles. The molecule has 0 bridgehead atoms. The standard InChI is InChI=1S/C13H17N3S/c14-6-10-5-13(17-9-10)7-15-11-3-4-16(8-11)12-1-2-12/h5,9,11-12,15H,1-4,7-8H2. The molecule has 3 rings (SSSR count). The lowest BCUT2D eigenvalue weighted by Gasteiger charge is -2.15. The lowest BCUT2D eigenvalue weighted by molar-refractivity contribution is 0.317. The van der Waals surface area contributed by atoms with E-state index in [0.29, 0.717) is 6.04 Å². The molecule has 1 aromatic rings. The van der Waals surface area contributed by atoms with Crippen molar-refractivity contribution < 1.29 is 0 Å². The van der Waals surface area contributed by atoms with Gasteiger partial charge in [0.1, 0.15) is 6.07 Å². The van der Waals surface area contributed by atoms with Gasteiger partial charge in [0, 0.05) is 42.0 Å². The van der Waals surface area contributed by atoms with Crippen LogP contribution in [0.15, 0.2) is 11.4 Å². The molecule has 0 spiro atoms. The molecular weight excluding hydrogens is 230 g/mol. The number of thiophene rings is 1. The largest absolute Gasteiger partial charge is 0.308 e. The van der Waals surface area contributed by atoms with Gasteiger partial charge in [-0.3, -0.25) is 4.90 Å². The van der Waals surface area contributed by atoms with E-state index in [9.17, 15) is 0 Å². The van der Waals surface area contributed by atoms with Crippen molar-refractivity contribution in [2.75, 3.05) is 13.1 Å². The van der Waals surface area contributed by atoms with E-state index < -0.39 is 0 Å². The summed E-state index contributed by atoms with van der Waals surface area (Å²) in [6.07, 6.45) is 4.08. The van der Waals surface area contributed by atoms with Crippen LogP contribution in [-0.2, 0) is 6.54 Å². The average molecular weight is 247 g/mol. The predicted octanol–water partition coefficient (Wildman–Crippen LogP) is 1.95. The van der Waals surface area contributed by atoms with Crippen LogP contribution in [0.4, 0.5) is 0 Å². The summed E-state index contributed by atoms with van der Waals surface area (Å²) in [4.78, 5) is 3.89. The Balaban J connectivity index is 1.46. The van der Waals surface area contributed by atoms with Crippen LogP contribution >= 0.6 is 11.3 Å². The summed E-state index contributed by atoms with van der Waals surface area (Å²) in [5.74, 6) is 0. The molecule has 1 unspecified atom stereocenters. The Bertz CT molecular complexity index is 430. The molecule has 0 aromatic carbocycles. The van der Waals surface area contributed by atoms with E-state index in [0.717, 1.165) is 18.2 Å². The van der Waals surface area contributed by atoms with Gasteiger partial charge in [-0.05, 0) is 25.3 Å². The summed E-state index contributed by atoms with van der Waals surface area (Å²) in [7, 11) is 0. The zero-order valence-electron chi connectivity index (χ0n) is 9.85. The monoisotopic (exact) mass is 247 g/mol. The summed E-state index contributed by atoms with van der Waals surface area (Å²) in [5.41, 5.74) is 0.790. The molecule has 1 atom stereocenters. The molecule has 17 heavy (non-hydrogen) atoms. The van der Waals surface area contributed by atoms with E-state index in [-0.39, 0.29) is 0 Å².